The molecule has 9 heteroatoms. The van der Waals surface area contributed by atoms with E-state index in [0.29, 0.717) is 11.4 Å². The number of hydrogen-bond donors (Lipinski definition) is 1. The predicted octanol–water partition coefficient (Wildman–Crippen LogP) is 4.97. The number of benzene rings is 3. The van der Waals surface area contributed by atoms with Crippen LogP contribution in [-0.4, -0.2) is 21.4 Å². The third kappa shape index (κ3) is 3.38. The second kappa shape index (κ2) is 7.30. The summed E-state index contributed by atoms with van der Waals surface area (Å²) in [5.41, 5.74) is 1.22. The number of carbonyl (C=O) groups excluding carboxylic acids is 1. The average molecular weight is 447 g/mol. The standard InChI is InChI=1S/C21H16ClFN2O4S/c1-12-7-8-16-19(9-12)29-18-11-14(22)20(10-13(18)21(26)24-16)30(27,28)25(2)17-6-4-3-5-15(17)23/h3-11H,1-2H3,(H,24,26). The molecular formula is C21H16ClFN2O4S. The number of fused-ring (bicyclic) bond motifs is 2. The monoisotopic (exact) mass is 446 g/mol. The van der Waals surface area contributed by atoms with Crippen LogP contribution in [0.5, 0.6) is 11.5 Å². The van der Waals surface area contributed by atoms with Gasteiger partial charge in [0.15, 0.2) is 5.75 Å². The van der Waals surface area contributed by atoms with Gasteiger partial charge >= 0.3 is 0 Å². The Morgan fingerprint density at radius 2 is 1.80 bits per heavy atom. The molecule has 6 nitrogen and oxygen atoms in total. The van der Waals surface area contributed by atoms with Crippen LogP contribution in [0.2, 0.25) is 5.02 Å². The van der Waals surface area contributed by atoms with Gasteiger partial charge in [0.25, 0.3) is 15.9 Å². The highest BCUT2D eigenvalue weighted by atomic mass is 35.5. The van der Waals surface area contributed by atoms with Gasteiger partial charge in [-0.15, -0.1) is 0 Å². The zero-order valence-electron chi connectivity index (χ0n) is 15.9. The SMILES string of the molecule is Cc1ccc2c(c1)Oc1cc(Cl)c(S(=O)(=O)N(C)c3ccccc3F)cc1C(=O)N2. The number of para-hydroxylation sites is 1. The van der Waals surface area contributed by atoms with Gasteiger partial charge in [-0.25, -0.2) is 12.8 Å². The van der Waals surface area contributed by atoms with Crippen molar-refractivity contribution in [2.75, 3.05) is 16.7 Å². The zero-order valence-corrected chi connectivity index (χ0v) is 17.5. The Morgan fingerprint density at radius 3 is 2.53 bits per heavy atom. The highest BCUT2D eigenvalue weighted by molar-refractivity contribution is 7.93. The number of nitrogens with zero attached hydrogens (tertiary/aromatic N) is 1. The molecular weight excluding hydrogens is 431 g/mol. The van der Waals surface area contributed by atoms with E-state index in [4.69, 9.17) is 16.3 Å². The molecule has 3 aromatic rings. The van der Waals surface area contributed by atoms with E-state index in [-0.39, 0.29) is 26.9 Å². The molecule has 3 aromatic carbocycles. The Bertz CT molecular complexity index is 1290. The Kier molecular flexibility index (Phi) is 4.91. The number of rotatable bonds is 3. The molecule has 0 aromatic heterocycles. The Labute approximate surface area is 177 Å². The van der Waals surface area contributed by atoms with Crippen LogP contribution >= 0.6 is 11.6 Å². The van der Waals surface area contributed by atoms with Crippen LogP contribution in [0, 0.1) is 12.7 Å². The lowest BCUT2D eigenvalue weighted by Crippen LogP contribution is -2.28. The van der Waals surface area contributed by atoms with Crippen LogP contribution in [-0.2, 0) is 10.0 Å². The minimum absolute atomic E-state index is 0.00578. The highest BCUT2D eigenvalue weighted by Crippen LogP contribution is 2.40. The number of nitrogens with one attached hydrogen (secondary N) is 1. The average Bonchev–Trinajstić information content (AvgIpc) is 2.82. The molecule has 154 valence electrons. The lowest BCUT2D eigenvalue weighted by atomic mass is 10.2. The largest absolute Gasteiger partial charge is 0.454 e. The minimum Gasteiger partial charge on any atom is -0.454 e. The summed E-state index contributed by atoms with van der Waals surface area (Å²) in [6.45, 7) is 1.87. The van der Waals surface area contributed by atoms with Gasteiger partial charge in [0, 0.05) is 13.1 Å². The molecule has 0 aliphatic carbocycles. The summed E-state index contributed by atoms with van der Waals surface area (Å²) in [7, 11) is -3.05. The first kappa shape index (κ1) is 20.2. The summed E-state index contributed by atoms with van der Waals surface area (Å²) < 4.78 is 47.0. The molecule has 0 unspecified atom stereocenters. The van der Waals surface area contributed by atoms with E-state index in [1.807, 2.05) is 13.0 Å². The molecule has 0 spiro atoms. The van der Waals surface area contributed by atoms with Crippen molar-refractivity contribution < 1.29 is 22.3 Å². The Hall–Kier alpha value is -3.10. The minimum atomic E-state index is -4.26. The van der Waals surface area contributed by atoms with Crippen LogP contribution in [0.15, 0.2) is 59.5 Å². The van der Waals surface area contributed by atoms with E-state index < -0.39 is 21.7 Å². The first-order valence-corrected chi connectivity index (χ1v) is 10.7. The maximum atomic E-state index is 14.1. The molecule has 1 N–H and O–H groups in total. The molecule has 30 heavy (non-hydrogen) atoms. The number of aryl methyl sites for hydroxylation is 1. The van der Waals surface area contributed by atoms with Crippen LogP contribution in [0.25, 0.3) is 0 Å². The summed E-state index contributed by atoms with van der Waals surface area (Å²) in [5.74, 6) is -0.720. The Morgan fingerprint density at radius 1 is 1.07 bits per heavy atom. The van der Waals surface area contributed by atoms with E-state index >= 15 is 0 Å². The number of carbonyl (C=O) groups is 1. The molecule has 0 radical (unpaired) electrons. The van der Waals surface area contributed by atoms with E-state index in [0.717, 1.165) is 22.0 Å². The van der Waals surface area contributed by atoms with Gasteiger partial charge in [0.05, 0.1) is 22.0 Å². The summed E-state index contributed by atoms with van der Waals surface area (Å²) in [5, 5.41) is 2.55. The smallest absolute Gasteiger partial charge is 0.265 e. The molecule has 0 atom stereocenters. The normalized spacial score (nSPS) is 12.9. The molecule has 0 bridgehead atoms. The number of ether oxygens (including phenoxy) is 1. The summed E-state index contributed by atoms with van der Waals surface area (Å²) in [6.07, 6.45) is 0. The van der Waals surface area contributed by atoms with Gasteiger partial charge in [-0.2, -0.15) is 0 Å². The van der Waals surface area contributed by atoms with Gasteiger partial charge in [-0.1, -0.05) is 29.8 Å². The van der Waals surface area contributed by atoms with Gasteiger partial charge < -0.3 is 10.1 Å². The van der Waals surface area contributed by atoms with Gasteiger partial charge in [0.2, 0.25) is 0 Å². The molecule has 0 saturated heterocycles. The number of halogens is 2. The fourth-order valence-electron chi connectivity index (χ4n) is 3.10. The summed E-state index contributed by atoms with van der Waals surface area (Å²) in [4.78, 5) is 12.4. The van der Waals surface area contributed by atoms with Crippen LogP contribution in [0.3, 0.4) is 0 Å². The maximum Gasteiger partial charge on any atom is 0.265 e. The van der Waals surface area contributed by atoms with E-state index in [2.05, 4.69) is 5.32 Å². The molecule has 1 aliphatic heterocycles. The van der Waals surface area contributed by atoms with Crippen molar-refractivity contribution in [3.05, 3.63) is 76.6 Å². The van der Waals surface area contributed by atoms with Gasteiger partial charge in [0.1, 0.15) is 16.5 Å². The first-order valence-electron chi connectivity index (χ1n) is 8.85. The van der Waals surface area contributed by atoms with Crippen LogP contribution in [0.1, 0.15) is 15.9 Å². The van der Waals surface area contributed by atoms with Crippen LogP contribution in [0.4, 0.5) is 15.8 Å². The maximum absolute atomic E-state index is 14.1. The third-order valence-corrected chi connectivity index (χ3v) is 6.95. The quantitative estimate of drug-likeness (QED) is 0.616. The first-order chi connectivity index (χ1) is 14.2. The number of sulfonamides is 1. The summed E-state index contributed by atoms with van der Waals surface area (Å²) >= 11 is 6.27. The van der Waals surface area contributed by atoms with Crippen molar-refractivity contribution in [3.8, 4) is 11.5 Å². The number of anilines is 2. The molecule has 1 aliphatic rings. The van der Waals surface area contributed by atoms with E-state index in [9.17, 15) is 17.6 Å². The van der Waals surface area contributed by atoms with Gasteiger partial charge in [-0.3, -0.25) is 9.10 Å². The highest BCUT2D eigenvalue weighted by Gasteiger charge is 2.30. The lowest BCUT2D eigenvalue weighted by molar-refractivity contribution is 0.102. The fraction of sp³-hybridized carbons (Fsp3) is 0.0952. The molecule has 0 saturated carbocycles. The fourth-order valence-corrected chi connectivity index (χ4v) is 4.82. The molecule has 1 heterocycles. The van der Waals surface area contributed by atoms with E-state index in [1.165, 1.54) is 31.3 Å². The zero-order chi connectivity index (χ0) is 21.6. The van der Waals surface area contributed by atoms with Crippen molar-refractivity contribution in [2.24, 2.45) is 0 Å². The van der Waals surface area contributed by atoms with Crippen LogP contribution < -0.4 is 14.4 Å². The van der Waals surface area contributed by atoms with E-state index in [1.54, 1.807) is 12.1 Å². The number of amides is 1. The topological polar surface area (TPSA) is 75.7 Å². The van der Waals surface area contributed by atoms with Crippen molar-refractivity contribution in [1.82, 2.24) is 0 Å². The van der Waals surface area contributed by atoms with Crippen molar-refractivity contribution in [3.63, 3.8) is 0 Å². The Balaban J connectivity index is 1.82. The van der Waals surface area contributed by atoms with Crippen molar-refractivity contribution >= 4 is 38.9 Å². The second-order valence-corrected chi connectivity index (χ2v) is 9.10. The van der Waals surface area contributed by atoms with Crippen molar-refractivity contribution in [1.29, 1.82) is 0 Å². The third-order valence-electron chi connectivity index (χ3n) is 4.71. The molecule has 4 rings (SSSR count). The molecule has 1 amide bonds. The second-order valence-electron chi connectivity index (χ2n) is 6.76. The summed E-state index contributed by atoms with van der Waals surface area (Å²) in [6, 6.07) is 13.1. The van der Waals surface area contributed by atoms with Crippen molar-refractivity contribution in [2.45, 2.75) is 11.8 Å². The number of hydrogen-bond acceptors (Lipinski definition) is 4. The van der Waals surface area contributed by atoms with Gasteiger partial charge in [-0.05, 0) is 42.8 Å². The predicted molar refractivity (Wildman–Crippen MR) is 113 cm³/mol. The molecule has 0 fully saturated rings. The lowest BCUT2D eigenvalue weighted by Gasteiger charge is -2.21.